The van der Waals surface area contributed by atoms with E-state index in [4.69, 9.17) is 4.74 Å². The molecule has 0 amide bonds. The Hall–Kier alpha value is -2.71. The monoisotopic (exact) mass is 502 g/mol. The Morgan fingerprint density at radius 1 is 1.09 bits per heavy atom. The maximum atomic E-state index is 14.8. The largest absolute Gasteiger partial charge is 0.481 e. The van der Waals surface area contributed by atoms with Gasteiger partial charge in [0.2, 0.25) is 0 Å². The molecule has 1 heterocycles. The minimum atomic E-state index is -3.24. The van der Waals surface area contributed by atoms with Gasteiger partial charge in [-0.05, 0) is 46.0 Å². The molecule has 0 bridgehead atoms. The van der Waals surface area contributed by atoms with Crippen molar-refractivity contribution in [2.24, 2.45) is 5.41 Å². The third-order valence-corrected chi connectivity index (χ3v) is 6.13. The number of hydrogen-bond donors (Lipinski definition) is 1. The standard InChI is InChI=1S/C24H21BrF2N2O3/c25-19-12-28-21(29-13-19)18-8-4-7-17(9-18)10-23(22(30)31)11-20(24(26,27)15-23)32-14-16-5-2-1-3-6-16/h1-9,12-13,20H,10-11,14-15H2,(H,30,31)/t20-,23+/m0/s1. The summed E-state index contributed by atoms with van der Waals surface area (Å²) in [6, 6.07) is 16.0. The van der Waals surface area contributed by atoms with Crippen molar-refractivity contribution in [1.29, 1.82) is 0 Å². The number of carboxylic acid groups (broad SMARTS) is 1. The first kappa shape index (κ1) is 22.5. The van der Waals surface area contributed by atoms with E-state index in [2.05, 4.69) is 25.9 Å². The van der Waals surface area contributed by atoms with Crippen molar-refractivity contribution < 1.29 is 23.4 Å². The fourth-order valence-corrected chi connectivity index (χ4v) is 4.34. The van der Waals surface area contributed by atoms with E-state index >= 15 is 0 Å². The molecule has 1 aliphatic carbocycles. The van der Waals surface area contributed by atoms with Crippen LogP contribution >= 0.6 is 15.9 Å². The number of halogens is 3. The first-order valence-electron chi connectivity index (χ1n) is 10.1. The predicted octanol–water partition coefficient (Wildman–Crippen LogP) is 5.53. The van der Waals surface area contributed by atoms with Gasteiger partial charge in [0, 0.05) is 24.4 Å². The summed E-state index contributed by atoms with van der Waals surface area (Å²) in [6.45, 7) is 0.00713. The zero-order chi connectivity index (χ0) is 22.8. The molecular weight excluding hydrogens is 482 g/mol. The molecule has 1 aromatic heterocycles. The van der Waals surface area contributed by atoms with Crippen LogP contribution in [0, 0.1) is 5.41 Å². The number of benzene rings is 2. The summed E-state index contributed by atoms with van der Waals surface area (Å²) in [5.41, 5.74) is 0.468. The lowest BCUT2D eigenvalue weighted by atomic mass is 9.79. The van der Waals surface area contributed by atoms with Crippen LogP contribution in [0.4, 0.5) is 8.78 Å². The topological polar surface area (TPSA) is 72.3 Å². The number of nitrogens with zero attached hydrogens (tertiary/aromatic N) is 2. The highest BCUT2D eigenvalue weighted by atomic mass is 79.9. The van der Waals surface area contributed by atoms with E-state index in [1.165, 1.54) is 0 Å². The first-order chi connectivity index (χ1) is 15.3. The van der Waals surface area contributed by atoms with Gasteiger partial charge in [0.15, 0.2) is 5.82 Å². The number of aliphatic carboxylic acids is 1. The van der Waals surface area contributed by atoms with Crippen molar-refractivity contribution in [3.63, 3.8) is 0 Å². The molecule has 1 fully saturated rings. The molecule has 1 N–H and O–H groups in total. The Balaban J connectivity index is 1.55. The van der Waals surface area contributed by atoms with Crippen molar-refractivity contribution in [2.45, 2.75) is 37.9 Å². The summed E-state index contributed by atoms with van der Waals surface area (Å²) in [5.74, 6) is -4.01. The molecule has 3 aromatic rings. The third-order valence-electron chi connectivity index (χ3n) is 5.72. The van der Waals surface area contributed by atoms with E-state index in [0.717, 1.165) is 10.0 Å². The molecule has 0 saturated heterocycles. The Kier molecular flexibility index (Phi) is 6.35. The normalized spacial score (nSPS) is 22.0. The van der Waals surface area contributed by atoms with Gasteiger partial charge >= 0.3 is 5.97 Å². The summed E-state index contributed by atoms with van der Waals surface area (Å²) in [5, 5.41) is 9.96. The van der Waals surface area contributed by atoms with Crippen LogP contribution in [0.2, 0.25) is 0 Å². The number of alkyl halides is 2. The van der Waals surface area contributed by atoms with Crippen molar-refractivity contribution in [3.05, 3.63) is 82.6 Å². The second kappa shape index (κ2) is 9.03. The fourth-order valence-electron chi connectivity index (χ4n) is 4.14. The van der Waals surface area contributed by atoms with Gasteiger partial charge in [-0.15, -0.1) is 0 Å². The van der Waals surface area contributed by atoms with Gasteiger partial charge in [-0.25, -0.2) is 18.7 Å². The van der Waals surface area contributed by atoms with Crippen molar-refractivity contribution in [2.75, 3.05) is 0 Å². The van der Waals surface area contributed by atoms with Gasteiger partial charge in [0.25, 0.3) is 5.92 Å². The van der Waals surface area contributed by atoms with Gasteiger partial charge in [-0.2, -0.15) is 0 Å². The molecular formula is C24H21BrF2N2O3. The smallest absolute Gasteiger partial charge is 0.310 e. The zero-order valence-corrected chi connectivity index (χ0v) is 18.6. The van der Waals surface area contributed by atoms with Crippen molar-refractivity contribution in [1.82, 2.24) is 9.97 Å². The lowest BCUT2D eigenvalue weighted by molar-refractivity contribution is -0.150. The maximum Gasteiger partial charge on any atom is 0.310 e. The molecule has 0 aliphatic heterocycles. The van der Waals surface area contributed by atoms with Crippen LogP contribution in [0.15, 0.2) is 71.5 Å². The average Bonchev–Trinajstić information content (AvgIpc) is 3.04. The molecule has 1 saturated carbocycles. The number of rotatable bonds is 7. The van der Waals surface area contributed by atoms with E-state index in [-0.39, 0.29) is 19.4 Å². The van der Waals surface area contributed by atoms with E-state index < -0.39 is 29.8 Å². The highest BCUT2D eigenvalue weighted by Crippen LogP contribution is 2.51. The van der Waals surface area contributed by atoms with Gasteiger partial charge in [-0.1, -0.05) is 48.5 Å². The molecule has 1 aliphatic rings. The van der Waals surface area contributed by atoms with Gasteiger partial charge < -0.3 is 9.84 Å². The zero-order valence-electron chi connectivity index (χ0n) is 17.0. The minimum absolute atomic E-state index is 0.00713. The third kappa shape index (κ3) is 4.86. The number of aromatic nitrogens is 2. The molecule has 32 heavy (non-hydrogen) atoms. The Bertz CT molecular complexity index is 1100. The van der Waals surface area contributed by atoms with Crippen molar-refractivity contribution in [3.8, 4) is 11.4 Å². The average molecular weight is 503 g/mol. The number of hydrogen-bond acceptors (Lipinski definition) is 4. The lowest BCUT2D eigenvalue weighted by Crippen LogP contribution is -2.32. The number of carboxylic acids is 1. The Morgan fingerprint density at radius 3 is 2.47 bits per heavy atom. The molecule has 0 unspecified atom stereocenters. The SMILES string of the molecule is O=C(O)[C@]1(Cc2cccc(-c3ncc(Br)cn3)c2)C[C@H](OCc2ccccc2)C(F)(F)C1. The molecule has 5 nitrogen and oxygen atoms in total. The summed E-state index contributed by atoms with van der Waals surface area (Å²) in [4.78, 5) is 20.7. The van der Waals surface area contributed by atoms with Crippen molar-refractivity contribution >= 4 is 21.9 Å². The van der Waals surface area contributed by atoms with Crippen LogP contribution in [0.5, 0.6) is 0 Å². The molecule has 4 rings (SSSR count). The molecule has 2 aromatic carbocycles. The quantitative estimate of drug-likeness (QED) is 0.459. The lowest BCUT2D eigenvalue weighted by Gasteiger charge is -2.24. The molecule has 2 atom stereocenters. The van der Waals surface area contributed by atoms with Gasteiger partial charge in [-0.3, -0.25) is 4.79 Å². The predicted molar refractivity (Wildman–Crippen MR) is 118 cm³/mol. The Labute approximate surface area is 192 Å². The van der Waals surface area contributed by atoms with Crippen LogP contribution in [0.25, 0.3) is 11.4 Å². The van der Waals surface area contributed by atoms with Gasteiger partial charge in [0.1, 0.15) is 6.10 Å². The number of carbonyl (C=O) groups is 1. The van der Waals surface area contributed by atoms with Crippen LogP contribution in [-0.4, -0.2) is 33.1 Å². The Morgan fingerprint density at radius 2 is 1.78 bits per heavy atom. The van der Waals surface area contributed by atoms with Crippen LogP contribution in [-0.2, 0) is 22.6 Å². The van der Waals surface area contributed by atoms with Gasteiger partial charge in [0.05, 0.1) is 16.5 Å². The van der Waals surface area contributed by atoms with Crippen LogP contribution < -0.4 is 0 Å². The maximum absolute atomic E-state index is 14.8. The summed E-state index contributed by atoms with van der Waals surface area (Å²) >= 11 is 3.28. The summed E-state index contributed by atoms with van der Waals surface area (Å²) < 4.78 is 35.9. The second-order valence-electron chi connectivity index (χ2n) is 8.11. The molecule has 0 radical (unpaired) electrons. The first-order valence-corrected chi connectivity index (χ1v) is 10.9. The molecule has 0 spiro atoms. The second-order valence-corrected chi connectivity index (χ2v) is 9.03. The number of ether oxygens (including phenoxy) is 1. The van der Waals surface area contributed by atoms with E-state index in [0.29, 0.717) is 17.0 Å². The van der Waals surface area contributed by atoms with E-state index in [1.54, 1.807) is 60.9 Å². The van der Waals surface area contributed by atoms with E-state index in [1.807, 2.05) is 6.07 Å². The summed E-state index contributed by atoms with van der Waals surface area (Å²) in [7, 11) is 0. The minimum Gasteiger partial charge on any atom is -0.481 e. The van der Waals surface area contributed by atoms with E-state index in [9.17, 15) is 18.7 Å². The molecule has 8 heteroatoms. The highest BCUT2D eigenvalue weighted by molar-refractivity contribution is 9.10. The van der Waals surface area contributed by atoms with Crippen LogP contribution in [0.1, 0.15) is 24.0 Å². The van der Waals surface area contributed by atoms with Crippen LogP contribution in [0.3, 0.4) is 0 Å². The highest BCUT2D eigenvalue weighted by Gasteiger charge is 2.60. The summed E-state index contributed by atoms with van der Waals surface area (Å²) in [6.07, 6.45) is 0.694. The molecule has 166 valence electrons. The fraction of sp³-hybridized carbons (Fsp3) is 0.292.